The van der Waals surface area contributed by atoms with E-state index in [0.29, 0.717) is 31.2 Å². The molecular formula is C43H63N7O10. The number of carbonyl (C=O) groups excluding carboxylic acids is 7. The molecule has 0 unspecified atom stereocenters. The molecule has 2 rings (SSSR count). The topological polar surface area (TPSA) is 289 Å². The molecule has 0 aliphatic carbocycles. The minimum atomic E-state index is -1.32. The van der Waals surface area contributed by atoms with Crippen molar-refractivity contribution >= 4 is 47.3 Å². The van der Waals surface area contributed by atoms with Gasteiger partial charge in [0, 0.05) is 25.7 Å². The summed E-state index contributed by atoms with van der Waals surface area (Å²) in [5.41, 5.74) is 12.3. The van der Waals surface area contributed by atoms with E-state index >= 15 is 0 Å². The van der Waals surface area contributed by atoms with E-state index in [1.165, 1.54) is 6.92 Å². The Balaban J connectivity index is 1.75. The minimum absolute atomic E-state index is 0.00947. The second-order valence-corrected chi connectivity index (χ2v) is 15.5. The minimum Gasteiger partial charge on any atom is -0.480 e. The zero-order valence-electron chi connectivity index (χ0n) is 34.8. The number of unbranched alkanes of at least 4 members (excludes halogenated alkanes) is 6. The van der Waals surface area contributed by atoms with E-state index in [9.17, 15) is 48.6 Å². The average molecular weight is 838 g/mol. The highest BCUT2D eigenvalue weighted by Crippen LogP contribution is 2.12. The van der Waals surface area contributed by atoms with E-state index in [-0.39, 0.29) is 38.0 Å². The summed E-state index contributed by atoms with van der Waals surface area (Å²) in [5.74, 6) is -5.96. The summed E-state index contributed by atoms with van der Waals surface area (Å²) in [7, 11) is 0. The molecule has 7 amide bonds. The lowest BCUT2D eigenvalue weighted by atomic mass is 10.0. The standard InChI is InChI=1S/C43H63N7O10/c1-27(2)23-32(40(56)47-31(39(45)55)24-29-17-11-9-12-18-29)48-42(58)38(28(3)51)50-37(54)22-16-8-6-4-5-7-15-21-36(53)46-33(26-35(44)52)41(57)49-34(43(59)60)25-30-19-13-10-14-20-30/h9-14,17-20,27-28,31-34,38,51H,4-8,15-16,21-26H2,1-3H3,(H2,44,52)(H2,45,55)(H,46,53)(H,47,56)(H,48,58)(H,49,57)(H,50,54)(H,59,60)/t28-,31-,32-,33-,34-,38-/m0/s1. The number of carboxylic acid groups (broad SMARTS) is 1. The highest BCUT2D eigenvalue weighted by atomic mass is 16.4. The van der Waals surface area contributed by atoms with E-state index in [1.807, 2.05) is 19.9 Å². The Morgan fingerprint density at radius 2 is 0.983 bits per heavy atom. The third-order valence-electron chi connectivity index (χ3n) is 9.63. The van der Waals surface area contributed by atoms with Crippen LogP contribution >= 0.6 is 0 Å². The summed E-state index contributed by atoms with van der Waals surface area (Å²) in [5, 5.41) is 32.7. The number of amides is 7. The van der Waals surface area contributed by atoms with Crippen LogP contribution in [0, 0.1) is 5.92 Å². The van der Waals surface area contributed by atoms with Gasteiger partial charge in [-0.3, -0.25) is 33.6 Å². The maximum absolute atomic E-state index is 13.3. The Hall–Kier alpha value is -5.84. The molecule has 11 N–H and O–H groups in total. The quantitative estimate of drug-likeness (QED) is 0.0529. The normalized spacial score (nSPS) is 14.0. The second-order valence-electron chi connectivity index (χ2n) is 15.5. The fourth-order valence-corrected chi connectivity index (χ4v) is 6.41. The summed E-state index contributed by atoms with van der Waals surface area (Å²) in [6, 6.07) is 11.7. The first-order chi connectivity index (χ1) is 28.5. The van der Waals surface area contributed by atoms with Gasteiger partial charge < -0.3 is 48.3 Å². The number of aliphatic hydroxyl groups is 1. The van der Waals surface area contributed by atoms with E-state index in [4.69, 9.17) is 11.5 Å². The van der Waals surface area contributed by atoms with Crippen molar-refractivity contribution in [1.82, 2.24) is 26.6 Å². The van der Waals surface area contributed by atoms with Crippen LogP contribution in [-0.4, -0.2) is 93.8 Å². The largest absolute Gasteiger partial charge is 0.480 e. The predicted molar refractivity (Wildman–Crippen MR) is 223 cm³/mol. The third kappa shape index (κ3) is 20.2. The molecule has 0 bridgehead atoms. The van der Waals surface area contributed by atoms with Gasteiger partial charge in [-0.15, -0.1) is 0 Å². The van der Waals surface area contributed by atoms with Crippen LogP contribution in [0.2, 0.25) is 0 Å². The van der Waals surface area contributed by atoms with Crippen molar-refractivity contribution in [2.24, 2.45) is 17.4 Å². The average Bonchev–Trinajstić information content (AvgIpc) is 3.18. The Labute approximate surface area is 351 Å². The van der Waals surface area contributed by atoms with Gasteiger partial charge in [0.2, 0.25) is 41.4 Å². The Kier molecular flexibility index (Phi) is 22.7. The number of rotatable bonds is 29. The fraction of sp³-hybridized carbons (Fsp3) is 0.535. The van der Waals surface area contributed by atoms with Crippen LogP contribution in [0.4, 0.5) is 0 Å². The molecule has 0 aromatic heterocycles. The second kappa shape index (κ2) is 27.0. The monoisotopic (exact) mass is 837 g/mol. The molecule has 0 saturated carbocycles. The van der Waals surface area contributed by atoms with E-state index < -0.39 is 90.1 Å². The highest BCUT2D eigenvalue weighted by molar-refractivity contribution is 5.95. The molecule has 0 fully saturated rings. The van der Waals surface area contributed by atoms with Crippen molar-refractivity contribution in [3.8, 4) is 0 Å². The summed E-state index contributed by atoms with van der Waals surface area (Å²) in [6.45, 7) is 5.08. The molecule has 17 heteroatoms. The van der Waals surface area contributed by atoms with Crippen molar-refractivity contribution in [2.45, 2.75) is 141 Å². The van der Waals surface area contributed by atoms with Gasteiger partial charge in [-0.2, -0.15) is 0 Å². The Morgan fingerprint density at radius 3 is 1.43 bits per heavy atom. The van der Waals surface area contributed by atoms with Crippen LogP contribution in [0.15, 0.2) is 60.7 Å². The van der Waals surface area contributed by atoms with Crippen LogP contribution in [0.1, 0.15) is 103 Å². The van der Waals surface area contributed by atoms with Crippen molar-refractivity contribution in [3.63, 3.8) is 0 Å². The number of nitrogens with one attached hydrogen (secondary N) is 5. The zero-order valence-corrected chi connectivity index (χ0v) is 34.8. The Morgan fingerprint density at radius 1 is 0.550 bits per heavy atom. The molecule has 17 nitrogen and oxygen atoms in total. The summed E-state index contributed by atoms with van der Waals surface area (Å²) < 4.78 is 0. The van der Waals surface area contributed by atoms with Gasteiger partial charge in [0.1, 0.15) is 30.2 Å². The van der Waals surface area contributed by atoms with Crippen LogP contribution in [-0.2, 0) is 51.2 Å². The summed E-state index contributed by atoms with van der Waals surface area (Å²) in [4.78, 5) is 100. The van der Waals surface area contributed by atoms with E-state index in [2.05, 4.69) is 26.6 Å². The summed E-state index contributed by atoms with van der Waals surface area (Å²) >= 11 is 0. The molecule has 2 aromatic rings. The SMILES string of the molecule is CC(C)C[C@H](NC(=O)[C@@H](NC(=O)CCCCCCCCCC(=O)N[C@@H](CC(N)=O)C(=O)N[C@@H](Cc1ccccc1)C(=O)O)[C@H](C)O)C(=O)N[C@@H](Cc1ccccc1)C(N)=O. The molecule has 0 aliphatic heterocycles. The van der Waals surface area contributed by atoms with Gasteiger partial charge in [0.25, 0.3) is 0 Å². The van der Waals surface area contributed by atoms with Crippen molar-refractivity contribution in [3.05, 3.63) is 71.8 Å². The zero-order chi connectivity index (χ0) is 44.6. The number of aliphatic carboxylic acids is 1. The highest BCUT2D eigenvalue weighted by Gasteiger charge is 2.32. The van der Waals surface area contributed by atoms with Crippen LogP contribution < -0.4 is 38.1 Å². The number of nitrogens with two attached hydrogens (primary N) is 2. The molecule has 0 radical (unpaired) electrons. The van der Waals surface area contributed by atoms with Gasteiger partial charge in [0.15, 0.2) is 0 Å². The lowest BCUT2D eigenvalue weighted by molar-refractivity contribution is -0.142. The van der Waals surface area contributed by atoms with Gasteiger partial charge in [-0.25, -0.2) is 4.79 Å². The molecule has 0 saturated heterocycles. The first-order valence-electron chi connectivity index (χ1n) is 20.5. The fourth-order valence-electron chi connectivity index (χ4n) is 6.41. The molecule has 60 heavy (non-hydrogen) atoms. The van der Waals surface area contributed by atoms with Gasteiger partial charge in [-0.1, -0.05) is 107 Å². The molecule has 6 atom stereocenters. The third-order valence-corrected chi connectivity index (χ3v) is 9.63. The van der Waals surface area contributed by atoms with Crippen LogP contribution in [0.5, 0.6) is 0 Å². The maximum atomic E-state index is 13.3. The molecule has 0 heterocycles. The molecule has 330 valence electrons. The van der Waals surface area contributed by atoms with Crippen molar-refractivity contribution in [2.75, 3.05) is 0 Å². The number of hydrogen-bond acceptors (Lipinski definition) is 9. The van der Waals surface area contributed by atoms with Gasteiger partial charge >= 0.3 is 5.97 Å². The van der Waals surface area contributed by atoms with Gasteiger partial charge in [-0.05, 0) is 43.2 Å². The number of hydrogen-bond donors (Lipinski definition) is 9. The van der Waals surface area contributed by atoms with Crippen LogP contribution in [0.3, 0.4) is 0 Å². The molecule has 0 spiro atoms. The van der Waals surface area contributed by atoms with E-state index in [0.717, 1.165) is 24.8 Å². The van der Waals surface area contributed by atoms with Gasteiger partial charge in [0.05, 0.1) is 12.5 Å². The number of carbonyl (C=O) groups is 8. The summed E-state index contributed by atoms with van der Waals surface area (Å²) in [6.07, 6.45) is 3.70. The molecule has 0 aliphatic rings. The number of primary amides is 2. The van der Waals surface area contributed by atoms with Crippen LogP contribution in [0.25, 0.3) is 0 Å². The lowest BCUT2D eigenvalue weighted by Gasteiger charge is -2.26. The number of benzene rings is 2. The predicted octanol–water partition coefficient (Wildman–Crippen LogP) is 1.28. The van der Waals surface area contributed by atoms with Crippen molar-refractivity contribution in [1.29, 1.82) is 0 Å². The maximum Gasteiger partial charge on any atom is 0.326 e. The smallest absolute Gasteiger partial charge is 0.326 e. The molecule has 2 aromatic carbocycles. The Bertz CT molecular complexity index is 1710. The molecular weight excluding hydrogens is 775 g/mol. The first-order valence-corrected chi connectivity index (χ1v) is 20.5. The van der Waals surface area contributed by atoms with Crippen molar-refractivity contribution < 1.29 is 48.6 Å². The number of aliphatic hydroxyl groups excluding tert-OH is 1. The van der Waals surface area contributed by atoms with E-state index in [1.54, 1.807) is 54.6 Å². The lowest BCUT2D eigenvalue weighted by Crippen LogP contribution is -2.59. The first kappa shape index (κ1) is 50.3. The number of carboxylic acids is 1.